The summed E-state index contributed by atoms with van der Waals surface area (Å²) < 4.78 is 10.6. The van der Waals surface area contributed by atoms with Crippen LogP contribution in [0.15, 0.2) is 0 Å². The lowest BCUT2D eigenvalue weighted by Crippen LogP contribution is -2.35. The smallest absolute Gasteiger partial charge is 0.309 e. The fraction of sp³-hybridized carbons (Fsp3) is 0.889. The number of rotatable bonds is 12. The summed E-state index contributed by atoms with van der Waals surface area (Å²) in [5, 5.41) is 17.4. The van der Waals surface area contributed by atoms with Crippen molar-refractivity contribution in [3.8, 4) is 0 Å². The van der Waals surface area contributed by atoms with Crippen LogP contribution in [0.4, 0.5) is 0 Å². The van der Waals surface area contributed by atoms with Crippen LogP contribution < -0.4 is 0 Å². The van der Waals surface area contributed by atoms with Crippen LogP contribution in [-0.2, 0) is 19.1 Å². The number of carbonyl (C=O) groups excluding carboxylic acids is 2. The Hall–Kier alpha value is -1.14. The molecular formula is C18H32O6. The van der Waals surface area contributed by atoms with Crippen molar-refractivity contribution >= 4 is 11.9 Å². The van der Waals surface area contributed by atoms with Crippen molar-refractivity contribution < 1.29 is 29.3 Å². The van der Waals surface area contributed by atoms with Crippen LogP contribution in [-0.4, -0.2) is 48.6 Å². The summed E-state index contributed by atoms with van der Waals surface area (Å²) in [6.45, 7) is 1.00. The molecule has 0 saturated heterocycles. The van der Waals surface area contributed by atoms with Crippen LogP contribution in [0.5, 0.6) is 0 Å². The van der Waals surface area contributed by atoms with E-state index < -0.39 is 0 Å². The fourth-order valence-electron chi connectivity index (χ4n) is 3.04. The van der Waals surface area contributed by atoms with Crippen molar-refractivity contribution in [3.05, 3.63) is 0 Å². The number of carbonyl (C=O) groups is 2. The first-order chi connectivity index (χ1) is 11.7. The van der Waals surface area contributed by atoms with Gasteiger partial charge in [0.05, 0.1) is 25.0 Å². The molecule has 6 nitrogen and oxygen atoms in total. The summed E-state index contributed by atoms with van der Waals surface area (Å²) >= 11 is 0. The molecule has 1 aliphatic carbocycles. The van der Waals surface area contributed by atoms with E-state index in [1.54, 1.807) is 0 Å². The van der Waals surface area contributed by atoms with Gasteiger partial charge in [-0.05, 0) is 51.4 Å². The van der Waals surface area contributed by atoms with Gasteiger partial charge in [0.25, 0.3) is 0 Å². The molecule has 0 spiro atoms. The fourth-order valence-corrected chi connectivity index (χ4v) is 3.04. The minimum Gasteiger partial charge on any atom is -0.465 e. The van der Waals surface area contributed by atoms with Crippen molar-refractivity contribution in [2.75, 3.05) is 26.4 Å². The first kappa shape index (κ1) is 20.9. The second-order valence-corrected chi connectivity index (χ2v) is 6.40. The van der Waals surface area contributed by atoms with E-state index in [1.165, 1.54) is 0 Å². The zero-order valence-corrected chi connectivity index (χ0v) is 14.6. The Balaban J connectivity index is 2.34. The zero-order valence-electron chi connectivity index (χ0n) is 14.6. The van der Waals surface area contributed by atoms with Crippen molar-refractivity contribution in [2.24, 2.45) is 11.8 Å². The average Bonchev–Trinajstić information content (AvgIpc) is 2.61. The number of ether oxygens (including phenoxy) is 2. The minimum atomic E-state index is -0.387. The Kier molecular flexibility index (Phi) is 11.5. The molecular weight excluding hydrogens is 312 g/mol. The SMILES string of the molecule is O=C(OCCCCCO)C1CCCCC1C(=O)OCCCCCO. The zero-order chi connectivity index (χ0) is 17.6. The second-order valence-electron chi connectivity index (χ2n) is 6.40. The molecule has 0 aliphatic heterocycles. The molecule has 1 rings (SSSR count). The summed E-state index contributed by atoms with van der Waals surface area (Å²) in [5.74, 6) is -1.36. The van der Waals surface area contributed by atoms with Gasteiger partial charge in [0.15, 0.2) is 0 Å². The van der Waals surface area contributed by atoms with E-state index in [9.17, 15) is 9.59 Å². The molecule has 2 atom stereocenters. The van der Waals surface area contributed by atoms with E-state index >= 15 is 0 Å². The van der Waals surface area contributed by atoms with Crippen LogP contribution in [0.1, 0.15) is 64.2 Å². The van der Waals surface area contributed by atoms with Crippen molar-refractivity contribution in [1.29, 1.82) is 0 Å². The third-order valence-electron chi connectivity index (χ3n) is 4.47. The minimum absolute atomic E-state index is 0.156. The number of esters is 2. The Morgan fingerprint density at radius 3 is 1.50 bits per heavy atom. The largest absolute Gasteiger partial charge is 0.465 e. The predicted octanol–water partition coefficient (Wildman–Crippen LogP) is 2.20. The van der Waals surface area contributed by atoms with Crippen molar-refractivity contribution in [1.82, 2.24) is 0 Å². The van der Waals surface area contributed by atoms with E-state index in [0.717, 1.165) is 38.5 Å². The molecule has 1 aliphatic rings. The van der Waals surface area contributed by atoms with Crippen LogP contribution in [0, 0.1) is 11.8 Å². The number of hydrogen-bond donors (Lipinski definition) is 2. The molecule has 6 heteroatoms. The topological polar surface area (TPSA) is 93.1 Å². The summed E-state index contributed by atoms with van der Waals surface area (Å²) in [6.07, 6.45) is 7.78. The standard InChI is InChI=1S/C18H32O6/c19-11-5-1-7-13-23-17(21)15-9-3-4-10-16(15)18(22)24-14-8-2-6-12-20/h15-16,19-20H,1-14H2. The lowest BCUT2D eigenvalue weighted by Gasteiger charge is -2.28. The van der Waals surface area contributed by atoms with E-state index in [4.69, 9.17) is 19.7 Å². The third-order valence-corrected chi connectivity index (χ3v) is 4.47. The maximum atomic E-state index is 12.3. The van der Waals surface area contributed by atoms with E-state index in [1.807, 2.05) is 0 Å². The molecule has 1 fully saturated rings. The third kappa shape index (κ3) is 8.11. The quantitative estimate of drug-likeness (QED) is 0.416. The van der Waals surface area contributed by atoms with Gasteiger partial charge in [-0.15, -0.1) is 0 Å². The summed E-state index contributed by atoms with van der Waals surface area (Å²) in [6, 6.07) is 0. The Morgan fingerprint density at radius 1 is 0.708 bits per heavy atom. The molecule has 0 aromatic carbocycles. The monoisotopic (exact) mass is 344 g/mol. The van der Waals surface area contributed by atoms with E-state index in [2.05, 4.69) is 0 Å². The molecule has 2 unspecified atom stereocenters. The highest BCUT2D eigenvalue weighted by Crippen LogP contribution is 2.32. The molecule has 0 aromatic rings. The van der Waals surface area contributed by atoms with Gasteiger partial charge < -0.3 is 19.7 Å². The molecule has 140 valence electrons. The van der Waals surface area contributed by atoms with Gasteiger partial charge >= 0.3 is 11.9 Å². The van der Waals surface area contributed by atoms with Gasteiger partial charge in [-0.1, -0.05) is 12.8 Å². The Morgan fingerprint density at radius 2 is 1.12 bits per heavy atom. The number of unbranched alkanes of at least 4 members (excludes halogenated alkanes) is 4. The van der Waals surface area contributed by atoms with Crippen LogP contribution in [0.25, 0.3) is 0 Å². The highest BCUT2D eigenvalue weighted by atomic mass is 16.5. The number of aliphatic hydroxyl groups excluding tert-OH is 2. The van der Waals surface area contributed by atoms with Crippen LogP contribution in [0.2, 0.25) is 0 Å². The molecule has 0 amide bonds. The Bertz CT molecular complexity index is 323. The molecule has 24 heavy (non-hydrogen) atoms. The van der Waals surface area contributed by atoms with Gasteiger partial charge in [-0.2, -0.15) is 0 Å². The predicted molar refractivity (Wildman–Crippen MR) is 89.2 cm³/mol. The van der Waals surface area contributed by atoms with E-state index in [-0.39, 0.29) is 37.0 Å². The van der Waals surface area contributed by atoms with Gasteiger partial charge in [0, 0.05) is 13.2 Å². The van der Waals surface area contributed by atoms with Crippen molar-refractivity contribution in [3.63, 3.8) is 0 Å². The molecule has 0 radical (unpaired) electrons. The first-order valence-electron chi connectivity index (χ1n) is 9.25. The van der Waals surface area contributed by atoms with Gasteiger partial charge in [-0.25, -0.2) is 0 Å². The van der Waals surface area contributed by atoms with Crippen molar-refractivity contribution in [2.45, 2.75) is 64.2 Å². The van der Waals surface area contributed by atoms with Gasteiger partial charge in [0.2, 0.25) is 0 Å². The lowest BCUT2D eigenvalue weighted by molar-refractivity contribution is -0.163. The number of hydrogen-bond acceptors (Lipinski definition) is 6. The Labute approximate surface area is 144 Å². The second kappa shape index (κ2) is 13.2. The normalized spacial score (nSPS) is 20.6. The summed E-state index contributed by atoms with van der Waals surface area (Å²) in [7, 11) is 0. The molecule has 2 N–H and O–H groups in total. The average molecular weight is 344 g/mol. The highest BCUT2D eigenvalue weighted by molar-refractivity contribution is 5.82. The van der Waals surface area contributed by atoms with Gasteiger partial charge in [0.1, 0.15) is 0 Å². The highest BCUT2D eigenvalue weighted by Gasteiger charge is 2.37. The van der Waals surface area contributed by atoms with Crippen LogP contribution in [0.3, 0.4) is 0 Å². The van der Waals surface area contributed by atoms with E-state index in [0.29, 0.717) is 38.9 Å². The molecule has 0 aromatic heterocycles. The first-order valence-corrected chi connectivity index (χ1v) is 9.25. The van der Waals surface area contributed by atoms with Crippen LogP contribution >= 0.6 is 0 Å². The summed E-state index contributed by atoms with van der Waals surface area (Å²) in [5.41, 5.74) is 0. The van der Waals surface area contributed by atoms with Gasteiger partial charge in [-0.3, -0.25) is 9.59 Å². The molecule has 1 saturated carbocycles. The lowest BCUT2D eigenvalue weighted by atomic mass is 9.79. The maximum absolute atomic E-state index is 12.3. The number of aliphatic hydroxyl groups is 2. The maximum Gasteiger partial charge on any atom is 0.309 e. The summed E-state index contributed by atoms with van der Waals surface area (Å²) in [4.78, 5) is 24.5. The molecule has 0 bridgehead atoms. The molecule has 0 heterocycles.